The normalized spacial score (nSPS) is 15.5. The third kappa shape index (κ3) is 3.28. The number of nitrogens with zero attached hydrogens (tertiary/aromatic N) is 1. The van der Waals surface area contributed by atoms with E-state index in [9.17, 15) is 9.18 Å². The smallest absolute Gasteiger partial charge is 0.251 e. The van der Waals surface area contributed by atoms with Crippen molar-refractivity contribution in [3.05, 3.63) is 29.6 Å². The lowest BCUT2D eigenvalue weighted by Crippen LogP contribution is -2.46. The standard InChI is InChI=1S/C15H21FN2O2/c1-15(2,10-19)17-14(20)11-5-6-13(12(16)9-11)18-7-3-4-8-18/h5-6,9,19H,3-4,7-8,10H2,1-2H3,(H,17,20). The monoisotopic (exact) mass is 280 g/mol. The van der Waals surface area contributed by atoms with Gasteiger partial charge in [0, 0.05) is 18.7 Å². The first kappa shape index (κ1) is 14.8. The predicted octanol–water partition coefficient (Wildman–Crippen LogP) is 1.93. The number of anilines is 1. The summed E-state index contributed by atoms with van der Waals surface area (Å²) in [6.07, 6.45) is 2.15. The molecule has 0 aliphatic carbocycles. The second kappa shape index (κ2) is 5.79. The number of hydrogen-bond donors (Lipinski definition) is 2. The highest BCUT2D eigenvalue weighted by Crippen LogP contribution is 2.24. The van der Waals surface area contributed by atoms with Gasteiger partial charge in [0.2, 0.25) is 0 Å². The van der Waals surface area contributed by atoms with Crippen molar-refractivity contribution in [2.45, 2.75) is 32.2 Å². The Morgan fingerprint density at radius 1 is 1.40 bits per heavy atom. The van der Waals surface area contributed by atoms with Gasteiger partial charge < -0.3 is 15.3 Å². The minimum absolute atomic E-state index is 0.174. The summed E-state index contributed by atoms with van der Waals surface area (Å²) in [5, 5.41) is 11.8. The maximum Gasteiger partial charge on any atom is 0.251 e. The molecule has 1 aliphatic heterocycles. The molecule has 1 fully saturated rings. The zero-order valence-electron chi connectivity index (χ0n) is 11.9. The number of benzene rings is 1. The molecule has 1 aromatic rings. The van der Waals surface area contributed by atoms with Crippen molar-refractivity contribution in [2.75, 3.05) is 24.6 Å². The fourth-order valence-electron chi connectivity index (χ4n) is 2.28. The third-order valence-corrected chi connectivity index (χ3v) is 3.50. The molecule has 2 N–H and O–H groups in total. The summed E-state index contributed by atoms with van der Waals surface area (Å²) in [5.41, 5.74) is 0.105. The zero-order valence-corrected chi connectivity index (χ0v) is 11.9. The van der Waals surface area contributed by atoms with Crippen LogP contribution in [-0.2, 0) is 0 Å². The summed E-state index contributed by atoms with van der Waals surface area (Å²) < 4.78 is 14.1. The second-order valence-corrected chi connectivity index (χ2v) is 5.86. The molecule has 5 heteroatoms. The Hall–Kier alpha value is -1.62. The molecule has 1 saturated heterocycles. The molecule has 110 valence electrons. The molecule has 1 heterocycles. The summed E-state index contributed by atoms with van der Waals surface area (Å²) in [6.45, 7) is 4.97. The van der Waals surface area contributed by atoms with Crippen molar-refractivity contribution in [1.29, 1.82) is 0 Å². The van der Waals surface area contributed by atoms with Gasteiger partial charge in [0.1, 0.15) is 5.82 Å². The molecule has 4 nitrogen and oxygen atoms in total. The van der Waals surface area contributed by atoms with Crippen molar-refractivity contribution < 1.29 is 14.3 Å². The van der Waals surface area contributed by atoms with Gasteiger partial charge in [0.15, 0.2) is 0 Å². The first-order valence-corrected chi connectivity index (χ1v) is 6.91. The van der Waals surface area contributed by atoms with E-state index in [2.05, 4.69) is 5.32 Å². The molecular formula is C15H21FN2O2. The Morgan fingerprint density at radius 2 is 2.05 bits per heavy atom. The number of nitrogens with one attached hydrogen (secondary N) is 1. The van der Waals surface area contributed by atoms with Gasteiger partial charge in [-0.25, -0.2) is 4.39 Å². The summed E-state index contributed by atoms with van der Waals surface area (Å²) in [4.78, 5) is 14.0. The van der Waals surface area contributed by atoms with Crippen LogP contribution in [0.4, 0.5) is 10.1 Å². The molecule has 20 heavy (non-hydrogen) atoms. The Labute approximate surface area is 118 Å². The minimum atomic E-state index is -0.721. The first-order valence-electron chi connectivity index (χ1n) is 6.91. The maximum atomic E-state index is 14.1. The highest BCUT2D eigenvalue weighted by molar-refractivity contribution is 5.95. The van der Waals surface area contributed by atoms with E-state index < -0.39 is 5.54 Å². The molecule has 0 bridgehead atoms. The van der Waals surface area contributed by atoms with E-state index in [-0.39, 0.29) is 23.9 Å². The van der Waals surface area contributed by atoms with Crippen LogP contribution < -0.4 is 10.2 Å². The average molecular weight is 280 g/mol. The number of hydrogen-bond acceptors (Lipinski definition) is 3. The van der Waals surface area contributed by atoms with Crippen molar-refractivity contribution in [3.63, 3.8) is 0 Å². The molecule has 1 aliphatic rings. The Balaban J connectivity index is 2.14. The molecule has 0 saturated carbocycles. The van der Waals surface area contributed by atoms with Crippen LogP contribution >= 0.6 is 0 Å². The lowest BCUT2D eigenvalue weighted by Gasteiger charge is -2.24. The van der Waals surface area contributed by atoms with E-state index in [4.69, 9.17) is 5.11 Å². The fourth-order valence-corrected chi connectivity index (χ4v) is 2.28. The third-order valence-electron chi connectivity index (χ3n) is 3.50. The quantitative estimate of drug-likeness (QED) is 0.886. The lowest BCUT2D eigenvalue weighted by molar-refractivity contribution is 0.0869. The molecule has 0 aromatic heterocycles. The number of carbonyl (C=O) groups is 1. The number of aliphatic hydroxyl groups excluding tert-OH is 1. The lowest BCUT2D eigenvalue weighted by atomic mass is 10.1. The summed E-state index contributed by atoms with van der Waals surface area (Å²) >= 11 is 0. The number of halogens is 1. The number of amides is 1. The van der Waals surface area contributed by atoms with Gasteiger partial charge in [-0.05, 0) is 44.9 Å². The number of carbonyl (C=O) groups excluding carboxylic acids is 1. The van der Waals surface area contributed by atoms with Gasteiger partial charge in [-0.1, -0.05) is 0 Å². The van der Waals surface area contributed by atoms with E-state index in [0.29, 0.717) is 5.69 Å². The summed E-state index contributed by atoms with van der Waals surface area (Å²) in [6, 6.07) is 4.54. The van der Waals surface area contributed by atoms with Gasteiger partial charge in [-0.3, -0.25) is 4.79 Å². The van der Waals surface area contributed by atoms with Crippen LogP contribution in [0.5, 0.6) is 0 Å². The van der Waals surface area contributed by atoms with Crippen LogP contribution in [-0.4, -0.2) is 36.2 Å². The Morgan fingerprint density at radius 3 is 2.60 bits per heavy atom. The number of rotatable bonds is 4. The van der Waals surface area contributed by atoms with Crippen molar-refractivity contribution >= 4 is 11.6 Å². The predicted molar refractivity (Wildman–Crippen MR) is 76.5 cm³/mol. The van der Waals surface area contributed by atoms with Gasteiger partial charge >= 0.3 is 0 Å². The van der Waals surface area contributed by atoms with Crippen LogP contribution in [0.1, 0.15) is 37.0 Å². The molecule has 0 unspecified atom stereocenters. The summed E-state index contributed by atoms with van der Waals surface area (Å²) in [5.74, 6) is -0.753. The van der Waals surface area contributed by atoms with E-state index in [1.807, 2.05) is 4.90 Å². The average Bonchev–Trinajstić information content (AvgIpc) is 2.92. The SMILES string of the molecule is CC(C)(CO)NC(=O)c1ccc(N2CCCC2)c(F)c1. The zero-order chi connectivity index (χ0) is 14.8. The minimum Gasteiger partial charge on any atom is -0.394 e. The largest absolute Gasteiger partial charge is 0.394 e. The molecular weight excluding hydrogens is 259 g/mol. The van der Waals surface area contributed by atoms with Gasteiger partial charge in [0.05, 0.1) is 17.8 Å². The van der Waals surface area contributed by atoms with Crippen molar-refractivity contribution in [1.82, 2.24) is 5.32 Å². The van der Waals surface area contributed by atoms with Gasteiger partial charge in [-0.2, -0.15) is 0 Å². The molecule has 1 amide bonds. The Bertz CT molecular complexity index is 497. The van der Waals surface area contributed by atoms with E-state index in [0.717, 1.165) is 25.9 Å². The Kier molecular flexibility index (Phi) is 4.28. The first-order chi connectivity index (χ1) is 9.43. The fraction of sp³-hybridized carbons (Fsp3) is 0.533. The van der Waals surface area contributed by atoms with E-state index >= 15 is 0 Å². The molecule has 0 radical (unpaired) electrons. The van der Waals surface area contributed by atoms with Crippen molar-refractivity contribution in [2.24, 2.45) is 0 Å². The molecule has 2 rings (SSSR count). The van der Waals surface area contributed by atoms with Crippen molar-refractivity contribution in [3.8, 4) is 0 Å². The second-order valence-electron chi connectivity index (χ2n) is 5.86. The topological polar surface area (TPSA) is 52.6 Å². The molecule has 0 atom stereocenters. The van der Waals surface area contributed by atoms with Crippen LogP contribution in [0, 0.1) is 5.82 Å². The van der Waals surface area contributed by atoms with E-state index in [1.165, 1.54) is 6.07 Å². The summed E-state index contributed by atoms with van der Waals surface area (Å²) in [7, 11) is 0. The van der Waals surface area contributed by atoms with Crippen LogP contribution in [0.15, 0.2) is 18.2 Å². The van der Waals surface area contributed by atoms with Crippen LogP contribution in [0.3, 0.4) is 0 Å². The van der Waals surface area contributed by atoms with Crippen LogP contribution in [0.2, 0.25) is 0 Å². The van der Waals surface area contributed by atoms with Gasteiger partial charge in [-0.15, -0.1) is 0 Å². The molecule has 0 spiro atoms. The molecule has 1 aromatic carbocycles. The maximum absolute atomic E-state index is 14.1. The highest BCUT2D eigenvalue weighted by atomic mass is 19.1. The van der Waals surface area contributed by atoms with E-state index in [1.54, 1.807) is 26.0 Å². The highest BCUT2D eigenvalue weighted by Gasteiger charge is 2.22. The van der Waals surface area contributed by atoms with Crippen LogP contribution in [0.25, 0.3) is 0 Å². The number of aliphatic hydroxyl groups is 1. The van der Waals surface area contributed by atoms with Gasteiger partial charge in [0.25, 0.3) is 5.91 Å².